The van der Waals surface area contributed by atoms with Crippen molar-refractivity contribution >= 4 is 5.91 Å². The second kappa shape index (κ2) is 4.49. The maximum Gasteiger partial charge on any atom is 0.220 e. The fourth-order valence-corrected chi connectivity index (χ4v) is 2.35. The molecule has 0 bridgehead atoms. The van der Waals surface area contributed by atoms with Crippen LogP contribution in [0.15, 0.2) is 0 Å². The van der Waals surface area contributed by atoms with Gasteiger partial charge in [0.25, 0.3) is 0 Å². The molecular formula is C11H19NO3. The number of nitrogens with one attached hydrogen (secondary N) is 1. The summed E-state index contributed by atoms with van der Waals surface area (Å²) in [5.41, 5.74) is 0. The van der Waals surface area contributed by atoms with Crippen molar-refractivity contribution in [3.63, 3.8) is 0 Å². The lowest BCUT2D eigenvalue weighted by molar-refractivity contribution is -0.119. The number of hydrogen-bond donors (Lipinski definition) is 1. The van der Waals surface area contributed by atoms with Crippen molar-refractivity contribution in [1.29, 1.82) is 0 Å². The molecule has 4 nitrogen and oxygen atoms in total. The van der Waals surface area contributed by atoms with Crippen molar-refractivity contribution in [3.8, 4) is 0 Å². The largest absolute Gasteiger partial charge is 0.353 e. The van der Waals surface area contributed by atoms with Crippen LogP contribution in [-0.2, 0) is 14.3 Å². The van der Waals surface area contributed by atoms with Crippen LogP contribution in [0.2, 0.25) is 0 Å². The first kappa shape index (κ1) is 10.9. The van der Waals surface area contributed by atoms with E-state index < -0.39 is 0 Å². The van der Waals surface area contributed by atoms with Crippen molar-refractivity contribution < 1.29 is 14.3 Å². The highest BCUT2D eigenvalue weighted by Gasteiger charge is 2.33. The van der Waals surface area contributed by atoms with Gasteiger partial charge in [-0.15, -0.1) is 0 Å². The SMILES string of the molecule is CC(C[C@@H]1NC(=O)C[C@H]1C)C1OCCO1. The minimum absolute atomic E-state index is 0.0743. The van der Waals surface area contributed by atoms with Gasteiger partial charge in [0.2, 0.25) is 5.91 Å². The zero-order valence-corrected chi connectivity index (χ0v) is 9.36. The fraction of sp³-hybridized carbons (Fsp3) is 0.909. The molecule has 0 aliphatic carbocycles. The molecule has 4 heteroatoms. The highest BCUT2D eigenvalue weighted by Crippen LogP contribution is 2.25. The molecule has 2 aliphatic rings. The van der Waals surface area contributed by atoms with Crippen LogP contribution >= 0.6 is 0 Å². The third-order valence-electron chi connectivity index (χ3n) is 3.28. The maximum absolute atomic E-state index is 11.2. The van der Waals surface area contributed by atoms with Gasteiger partial charge in [0, 0.05) is 18.4 Å². The van der Waals surface area contributed by atoms with E-state index in [0.29, 0.717) is 37.5 Å². The summed E-state index contributed by atoms with van der Waals surface area (Å²) in [6, 6.07) is 0.292. The van der Waals surface area contributed by atoms with Crippen LogP contribution in [0.3, 0.4) is 0 Å². The quantitative estimate of drug-likeness (QED) is 0.758. The van der Waals surface area contributed by atoms with Gasteiger partial charge in [-0.3, -0.25) is 4.79 Å². The number of hydrogen-bond acceptors (Lipinski definition) is 3. The highest BCUT2D eigenvalue weighted by atomic mass is 16.7. The van der Waals surface area contributed by atoms with Gasteiger partial charge in [0.15, 0.2) is 6.29 Å². The second-order valence-corrected chi connectivity index (χ2v) is 4.68. The summed E-state index contributed by atoms with van der Waals surface area (Å²) in [5.74, 6) is 0.952. The van der Waals surface area contributed by atoms with Gasteiger partial charge in [0.1, 0.15) is 0 Å². The molecular weight excluding hydrogens is 194 g/mol. The van der Waals surface area contributed by atoms with Crippen molar-refractivity contribution in [1.82, 2.24) is 5.32 Å². The molecule has 0 saturated carbocycles. The monoisotopic (exact) mass is 213 g/mol. The molecule has 2 heterocycles. The van der Waals surface area contributed by atoms with E-state index >= 15 is 0 Å². The minimum Gasteiger partial charge on any atom is -0.353 e. The van der Waals surface area contributed by atoms with Crippen molar-refractivity contribution in [2.24, 2.45) is 11.8 Å². The third-order valence-corrected chi connectivity index (χ3v) is 3.28. The minimum atomic E-state index is -0.0743. The maximum atomic E-state index is 11.2. The predicted molar refractivity (Wildman–Crippen MR) is 55.2 cm³/mol. The van der Waals surface area contributed by atoms with Crippen LogP contribution in [0, 0.1) is 11.8 Å². The number of ether oxygens (including phenoxy) is 2. The lowest BCUT2D eigenvalue weighted by Crippen LogP contribution is -2.33. The molecule has 0 aromatic heterocycles. The van der Waals surface area contributed by atoms with E-state index in [1.807, 2.05) is 0 Å². The molecule has 2 aliphatic heterocycles. The Balaban J connectivity index is 1.82. The van der Waals surface area contributed by atoms with E-state index in [4.69, 9.17) is 9.47 Å². The van der Waals surface area contributed by atoms with E-state index in [9.17, 15) is 4.79 Å². The molecule has 0 radical (unpaired) electrons. The summed E-state index contributed by atoms with van der Waals surface area (Å²) in [6.07, 6.45) is 1.52. The van der Waals surface area contributed by atoms with Gasteiger partial charge in [-0.1, -0.05) is 13.8 Å². The second-order valence-electron chi connectivity index (χ2n) is 4.68. The van der Waals surface area contributed by atoms with Crippen LogP contribution in [0.25, 0.3) is 0 Å². The fourth-order valence-electron chi connectivity index (χ4n) is 2.35. The van der Waals surface area contributed by atoms with Gasteiger partial charge in [-0.2, -0.15) is 0 Å². The number of carbonyl (C=O) groups is 1. The van der Waals surface area contributed by atoms with Crippen LogP contribution in [0.1, 0.15) is 26.7 Å². The van der Waals surface area contributed by atoms with Gasteiger partial charge in [-0.25, -0.2) is 0 Å². The van der Waals surface area contributed by atoms with Gasteiger partial charge in [0.05, 0.1) is 13.2 Å². The van der Waals surface area contributed by atoms with Crippen molar-refractivity contribution in [2.75, 3.05) is 13.2 Å². The zero-order chi connectivity index (χ0) is 10.8. The molecule has 2 rings (SSSR count). The standard InChI is InChI=1S/C11H19NO3/c1-7-6-10(13)12-9(7)5-8(2)11-14-3-4-15-11/h7-9,11H,3-6H2,1-2H3,(H,12,13)/t7-,8?,9+/m1/s1. The third kappa shape index (κ3) is 2.49. The summed E-state index contributed by atoms with van der Waals surface area (Å²) in [7, 11) is 0. The van der Waals surface area contributed by atoms with Crippen LogP contribution in [0.4, 0.5) is 0 Å². The number of rotatable bonds is 3. The normalized spacial score (nSPS) is 34.4. The molecule has 2 fully saturated rings. The average molecular weight is 213 g/mol. The molecule has 0 spiro atoms. The number of carbonyl (C=O) groups excluding carboxylic acids is 1. The van der Waals surface area contributed by atoms with E-state index in [0.717, 1.165) is 6.42 Å². The lowest BCUT2D eigenvalue weighted by atomic mass is 9.93. The van der Waals surface area contributed by atoms with Crippen molar-refractivity contribution in [3.05, 3.63) is 0 Å². The Morgan fingerprint density at radius 1 is 1.47 bits per heavy atom. The summed E-state index contributed by atoms with van der Waals surface area (Å²) < 4.78 is 10.9. The molecule has 86 valence electrons. The smallest absolute Gasteiger partial charge is 0.220 e. The average Bonchev–Trinajstić information content (AvgIpc) is 2.76. The zero-order valence-electron chi connectivity index (χ0n) is 9.36. The summed E-state index contributed by atoms with van der Waals surface area (Å²) in [4.78, 5) is 11.2. The Bertz CT molecular complexity index is 238. The van der Waals surface area contributed by atoms with E-state index in [-0.39, 0.29) is 12.2 Å². The molecule has 1 amide bonds. The van der Waals surface area contributed by atoms with E-state index in [1.54, 1.807) is 0 Å². The first-order valence-electron chi connectivity index (χ1n) is 5.69. The van der Waals surface area contributed by atoms with Crippen LogP contribution in [-0.4, -0.2) is 31.5 Å². The van der Waals surface area contributed by atoms with E-state index in [1.165, 1.54) is 0 Å². The molecule has 0 aromatic carbocycles. The van der Waals surface area contributed by atoms with Gasteiger partial charge >= 0.3 is 0 Å². The molecule has 1 unspecified atom stereocenters. The Kier molecular flexibility index (Phi) is 3.26. The Hall–Kier alpha value is -0.610. The van der Waals surface area contributed by atoms with Gasteiger partial charge < -0.3 is 14.8 Å². The summed E-state index contributed by atoms with van der Waals surface area (Å²) >= 11 is 0. The molecule has 1 N–H and O–H groups in total. The highest BCUT2D eigenvalue weighted by molar-refractivity contribution is 5.78. The van der Waals surface area contributed by atoms with Crippen LogP contribution < -0.4 is 5.32 Å². The topological polar surface area (TPSA) is 47.6 Å². The molecule has 3 atom stereocenters. The van der Waals surface area contributed by atoms with Crippen LogP contribution in [0.5, 0.6) is 0 Å². The lowest BCUT2D eigenvalue weighted by Gasteiger charge is -2.23. The molecule has 0 aromatic rings. The summed E-state index contributed by atoms with van der Waals surface area (Å²) in [5, 5.41) is 3.01. The first-order valence-corrected chi connectivity index (χ1v) is 5.69. The number of amides is 1. The van der Waals surface area contributed by atoms with Crippen molar-refractivity contribution in [2.45, 2.75) is 39.0 Å². The Labute approximate surface area is 90.3 Å². The Morgan fingerprint density at radius 3 is 2.67 bits per heavy atom. The first-order chi connectivity index (χ1) is 7.16. The predicted octanol–water partition coefficient (Wildman–Crippen LogP) is 0.910. The molecule has 2 saturated heterocycles. The van der Waals surface area contributed by atoms with Gasteiger partial charge in [-0.05, 0) is 12.3 Å². The molecule has 15 heavy (non-hydrogen) atoms. The summed E-state index contributed by atoms with van der Waals surface area (Å²) in [6.45, 7) is 5.63. The van der Waals surface area contributed by atoms with E-state index in [2.05, 4.69) is 19.2 Å². The Morgan fingerprint density at radius 2 is 2.13 bits per heavy atom.